The van der Waals surface area contributed by atoms with Crippen LogP contribution >= 0.6 is 11.3 Å². The number of anilines is 1. The number of halogens is 1. The Labute approximate surface area is 161 Å². The van der Waals surface area contributed by atoms with Gasteiger partial charge in [-0.3, -0.25) is 14.3 Å². The molecule has 1 unspecified atom stereocenters. The highest BCUT2D eigenvalue weighted by Crippen LogP contribution is 2.30. The second-order valence-electron chi connectivity index (χ2n) is 6.03. The fourth-order valence-electron chi connectivity index (χ4n) is 2.12. The van der Waals surface area contributed by atoms with Crippen molar-refractivity contribution >= 4 is 38.9 Å². The van der Waals surface area contributed by atoms with Crippen LogP contribution < -0.4 is 5.32 Å². The van der Waals surface area contributed by atoms with Gasteiger partial charge in [0.25, 0.3) is 5.91 Å². The Bertz CT molecular complexity index is 863. The van der Waals surface area contributed by atoms with E-state index < -0.39 is 27.9 Å². The second-order valence-corrected chi connectivity index (χ2v) is 8.74. The minimum Gasteiger partial charge on any atom is -0.392 e. The zero-order valence-electron chi connectivity index (χ0n) is 14.4. The maximum Gasteiger partial charge on any atom is 0.280 e. The average molecular weight is 411 g/mol. The number of hydrogen-bond donors (Lipinski definition) is 2. The first-order chi connectivity index (χ1) is 12.9. The summed E-state index contributed by atoms with van der Waals surface area (Å²) in [5.41, 5.74) is 0.377. The van der Waals surface area contributed by atoms with Crippen LogP contribution in [0.15, 0.2) is 40.5 Å². The summed E-state index contributed by atoms with van der Waals surface area (Å²) in [5, 5.41) is 15.3. The second kappa shape index (κ2) is 8.68. The van der Waals surface area contributed by atoms with Crippen LogP contribution in [0, 0.1) is 5.13 Å². The van der Waals surface area contributed by atoms with Crippen LogP contribution in [0.3, 0.4) is 0 Å². The van der Waals surface area contributed by atoms with E-state index in [0.717, 1.165) is 19.0 Å². The normalized spacial score (nSPS) is 16.6. The van der Waals surface area contributed by atoms with Gasteiger partial charge in [0, 0.05) is 15.7 Å². The molecule has 1 amide bonds. The van der Waals surface area contributed by atoms with Crippen molar-refractivity contribution in [3.05, 3.63) is 41.2 Å². The quantitative estimate of drug-likeness (QED) is 0.513. The SMILES string of the molecule is C[C@H](O)CO/N=C(/C(=O)Nc1ncc(F)s1)c1ccc(S(=O)C2CC2)cc1. The molecule has 1 fully saturated rings. The molecule has 2 N–H and O–H groups in total. The van der Waals surface area contributed by atoms with Crippen molar-refractivity contribution in [3.63, 3.8) is 0 Å². The molecule has 10 heteroatoms. The third kappa shape index (κ3) is 5.41. The van der Waals surface area contributed by atoms with E-state index in [2.05, 4.69) is 15.5 Å². The Hall–Kier alpha value is -2.17. The number of carbonyl (C=O) groups excluding carboxylic acids is 1. The van der Waals surface area contributed by atoms with Crippen LogP contribution in [-0.2, 0) is 20.4 Å². The van der Waals surface area contributed by atoms with Crippen LogP contribution in [0.2, 0.25) is 0 Å². The van der Waals surface area contributed by atoms with Crippen molar-refractivity contribution in [3.8, 4) is 0 Å². The third-order valence-electron chi connectivity index (χ3n) is 3.57. The van der Waals surface area contributed by atoms with Crippen LogP contribution in [-0.4, -0.2) is 43.9 Å². The first-order valence-electron chi connectivity index (χ1n) is 8.25. The summed E-state index contributed by atoms with van der Waals surface area (Å²) in [4.78, 5) is 22.0. The first kappa shape index (κ1) is 19.6. The van der Waals surface area contributed by atoms with Crippen LogP contribution in [0.4, 0.5) is 9.52 Å². The number of aromatic nitrogens is 1. The topological polar surface area (TPSA) is 101 Å². The molecule has 144 valence electrons. The smallest absolute Gasteiger partial charge is 0.280 e. The molecule has 1 aromatic carbocycles. The van der Waals surface area contributed by atoms with Crippen LogP contribution in [0.25, 0.3) is 0 Å². The Morgan fingerprint density at radius 3 is 2.74 bits per heavy atom. The molecule has 2 aromatic rings. The molecule has 0 spiro atoms. The highest BCUT2D eigenvalue weighted by atomic mass is 32.2. The summed E-state index contributed by atoms with van der Waals surface area (Å²) < 4.78 is 25.3. The highest BCUT2D eigenvalue weighted by Gasteiger charge is 2.29. The van der Waals surface area contributed by atoms with Gasteiger partial charge in [-0.25, -0.2) is 4.98 Å². The van der Waals surface area contributed by atoms with Gasteiger partial charge in [-0.05, 0) is 31.9 Å². The van der Waals surface area contributed by atoms with Gasteiger partial charge in [0.05, 0.1) is 23.1 Å². The lowest BCUT2D eigenvalue weighted by Crippen LogP contribution is -2.24. The fourth-order valence-corrected chi connectivity index (χ4v) is 4.02. The molecule has 7 nitrogen and oxygen atoms in total. The number of thiazole rings is 1. The van der Waals surface area contributed by atoms with Crippen molar-refractivity contribution in [2.24, 2.45) is 5.16 Å². The van der Waals surface area contributed by atoms with E-state index in [9.17, 15) is 18.5 Å². The van der Waals surface area contributed by atoms with Crippen molar-refractivity contribution in [2.75, 3.05) is 11.9 Å². The molecule has 27 heavy (non-hydrogen) atoms. The van der Waals surface area contributed by atoms with E-state index in [1.54, 1.807) is 24.3 Å². The number of amides is 1. The van der Waals surface area contributed by atoms with Gasteiger partial charge in [0.1, 0.15) is 6.61 Å². The van der Waals surface area contributed by atoms with Crippen LogP contribution in [0.1, 0.15) is 25.3 Å². The minimum atomic E-state index is -1.05. The molecule has 1 saturated carbocycles. The summed E-state index contributed by atoms with van der Waals surface area (Å²) >= 11 is 0.688. The van der Waals surface area contributed by atoms with E-state index >= 15 is 0 Å². The Balaban J connectivity index is 1.79. The predicted octanol–water partition coefficient (Wildman–Crippen LogP) is 2.29. The summed E-state index contributed by atoms with van der Waals surface area (Å²) in [5.74, 6) is -0.633. The zero-order chi connectivity index (χ0) is 19.4. The van der Waals surface area contributed by atoms with E-state index in [4.69, 9.17) is 4.84 Å². The molecule has 1 aliphatic rings. The van der Waals surface area contributed by atoms with E-state index in [1.807, 2.05) is 0 Å². The summed E-state index contributed by atoms with van der Waals surface area (Å²) in [6.07, 6.45) is 2.17. The van der Waals surface area contributed by atoms with E-state index in [-0.39, 0.29) is 22.7 Å². The van der Waals surface area contributed by atoms with Gasteiger partial charge in [-0.1, -0.05) is 28.6 Å². The molecule has 2 atom stereocenters. The number of hydrogen-bond acceptors (Lipinski definition) is 7. The first-order valence-corrected chi connectivity index (χ1v) is 10.3. The minimum absolute atomic E-state index is 0.0602. The lowest BCUT2D eigenvalue weighted by molar-refractivity contribution is -0.110. The molecule has 0 saturated heterocycles. The lowest BCUT2D eigenvalue weighted by Gasteiger charge is -2.08. The number of benzene rings is 1. The molecular formula is C17H18FN3O4S2. The molecule has 1 aromatic heterocycles. The van der Waals surface area contributed by atoms with Gasteiger partial charge < -0.3 is 9.94 Å². The number of oxime groups is 1. The molecular weight excluding hydrogens is 393 g/mol. The average Bonchev–Trinajstić information content (AvgIpc) is 3.41. The number of rotatable bonds is 8. The maximum absolute atomic E-state index is 13.1. The highest BCUT2D eigenvalue weighted by molar-refractivity contribution is 7.86. The largest absolute Gasteiger partial charge is 0.392 e. The number of nitrogens with one attached hydrogen (secondary N) is 1. The Kier molecular flexibility index (Phi) is 6.30. The number of carbonyl (C=O) groups is 1. The molecule has 0 aliphatic heterocycles. The zero-order valence-corrected chi connectivity index (χ0v) is 16.1. The maximum atomic E-state index is 13.1. The molecule has 3 rings (SSSR count). The predicted molar refractivity (Wildman–Crippen MR) is 101 cm³/mol. The van der Waals surface area contributed by atoms with E-state index in [1.165, 1.54) is 6.92 Å². The monoisotopic (exact) mass is 411 g/mol. The number of nitrogens with zero attached hydrogens (tertiary/aromatic N) is 2. The van der Waals surface area contributed by atoms with Gasteiger partial charge >= 0.3 is 0 Å². The van der Waals surface area contributed by atoms with Crippen molar-refractivity contribution in [1.82, 2.24) is 4.98 Å². The van der Waals surface area contributed by atoms with Crippen LogP contribution in [0.5, 0.6) is 0 Å². The third-order valence-corrected chi connectivity index (χ3v) is 6.09. The van der Waals surface area contributed by atoms with E-state index in [0.29, 0.717) is 21.8 Å². The molecule has 0 bridgehead atoms. The van der Waals surface area contributed by atoms with Gasteiger partial charge in [-0.15, -0.1) is 0 Å². The molecule has 1 heterocycles. The van der Waals surface area contributed by atoms with Crippen molar-refractivity contribution < 1.29 is 23.3 Å². The number of aliphatic hydroxyl groups is 1. The van der Waals surface area contributed by atoms with Crippen molar-refractivity contribution in [1.29, 1.82) is 0 Å². The van der Waals surface area contributed by atoms with Gasteiger partial charge in [0.2, 0.25) is 0 Å². The summed E-state index contributed by atoms with van der Waals surface area (Å²) in [6.45, 7) is 1.43. The molecule has 0 radical (unpaired) electrons. The lowest BCUT2D eigenvalue weighted by atomic mass is 10.1. The fraction of sp³-hybridized carbons (Fsp3) is 0.353. The summed E-state index contributed by atoms with van der Waals surface area (Å²) in [6, 6.07) is 6.62. The standard InChI is InChI=1S/C17H18FN3O4S2/c1-10(22)9-25-21-15(16(23)20-17-19-8-14(18)26-17)11-2-4-12(5-3-11)27(24)13-6-7-13/h2-5,8,10,13,22H,6-7,9H2,1H3,(H,19,20,23)/b21-15+/t10-,27?/m0/s1. The van der Waals surface area contributed by atoms with Gasteiger partial charge in [0.15, 0.2) is 16.0 Å². The number of aliphatic hydroxyl groups excluding tert-OH is 1. The Morgan fingerprint density at radius 1 is 1.48 bits per heavy atom. The van der Waals surface area contributed by atoms with Crippen molar-refractivity contribution in [2.45, 2.75) is 36.0 Å². The van der Waals surface area contributed by atoms with Gasteiger partial charge in [-0.2, -0.15) is 4.39 Å². The molecule has 1 aliphatic carbocycles. The Morgan fingerprint density at radius 2 is 2.19 bits per heavy atom. The summed E-state index contributed by atoms with van der Waals surface area (Å²) in [7, 11) is -1.05.